The van der Waals surface area contributed by atoms with Crippen LogP contribution in [0.4, 0.5) is 0 Å². The predicted molar refractivity (Wildman–Crippen MR) is 242 cm³/mol. The molecule has 0 aromatic rings. The zero-order valence-electron chi connectivity index (χ0n) is 37.2. The molecule has 11 heteroatoms. The molecular formula is C48H85O10P. The Hall–Kier alpha value is -2.33. The lowest BCUT2D eigenvalue weighted by Crippen LogP contribution is -2.29. The van der Waals surface area contributed by atoms with Crippen LogP contribution in [0.15, 0.2) is 60.8 Å². The van der Waals surface area contributed by atoms with Crippen LogP contribution in [0.2, 0.25) is 0 Å². The Labute approximate surface area is 359 Å². The van der Waals surface area contributed by atoms with Crippen LogP contribution in [-0.2, 0) is 32.7 Å². The maximum atomic E-state index is 12.6. The van der Waals surface area contributed by atoms with Gasteiger partial charge in [-0.1, -0.05) is 164 Å². The minimum absolute atomic E-state index is 0.173. The molecule has 10 nitrogen and oxygen atoms in total. The first kappa shape index (κ1) is 56.7. The average molecular weight is 853 g/mol. The van der Waals surface area contributed by atoms with Crippen molar-refractivity contribution in [2.24, 2.45) is 0 Å². The van der Waals surface area contributed by atoms with E-state index in [1.165, 1.54) is 96.3 Å². The molecule has 3 N–H and O–H groups in total. The van der Waals surface area contributed by atoms with Crippen molar-refractivity contribution in [1.82, 2.24) is 0 Å². The lowest BCUT2D eigenvalue weighted by atomic mass is 10.0. The summed E-state index contributed by atoms with van der Waals surface area (Å²) in [5.74, 6) is -0.974. The number of phosphoric ester groups is 1. The van der Waals surface area contributed by atoms with Gasteiger partial charge in [0.15, 0.2) is 6.10 Å². The molecule has 0 fully saturated rings. The van der Waals surface area contributed by atoms with Gasteiger partial charge < -0.3 is 24.6 Å². The number of aliphatic hydroxyl groups is 2. The summed E-state index contributed by atoms with van der Waals surface area (Å²) in [5.41, 5.74) is 0. The summed E-state index contributed by atoms with van der Waals surface area (Å²) in [7, 11) is -4.63. The smallest absolute Gasteiger partial charge is 0.462 e. The number of hydrogen-bond donors (Lipinski definition) is 3. The number of rotatable bonds is 43. The van der Waals surface area contributed by atoms with E-state index < -0.39 is 51.8 Å². The van der Waals surface area contributed by atoms with Crippen molar-refractivity contribution >= 4 is 19.8 Å². The highest BCUT2D eigenvalue weighted by molar-refractivity contribution is 7.47. The molecule has 0 heterocycles. The van der Waals surface area contributed by atoms with Gasteiger partial charge in [-0.25, -0.2) is 4.57 Å². The van der Waals surface area contributed by atoms with E-state index in [1.807, 2.05) is 0 Å². The molecule has 0 amide bonds. The molecule has 342 valence electrons. The number of unbranched alkanes of at least 4 members (excludes halogenated alkanes) is 19. The lowest BCUT2D eigenvalue weighted by Gasteiger charge is -2.20. The molecule has 0 saturated carbocycles. The van der Waals surface area contributed by atoms with Crippen molar-refractivity contribution in [1.29, 1.82) is 0 Å². The molecule has 3 atom stereocenters. The van der Waals surface area contributed by atoms with Gasteiger partial charge >= 0.3 is 19.8 Å². The van der Waals surface area contributed by atoms with Crippen molar-refractivity contribution in [3.05, 3.63) is 60.8 Å². The molecule has 0 saturated heterocycles. The van der Waals surface area contributed by atoms with Gasteiger partial charge in [0.1, 0.15) is 12.7 Å². The van der Waals surface area contributed by atoms with E-state index >= 15 is 0 Å². The molecular weight excluding hydrogens is 767 g/mol. The molecule has 0 aliphatic carbocycles. The van der Waals surface area contributed by atoms with Gasteiger partial charge in [-0.2, -0.15) is 0 Å². The molecule has 0 aliphatic rings. The molecule has 59 heavy (non-hydrogen) atoms. The summed E-state index contributed by atoms with van der Waals surface area (Å²) in [6.07, 6.45) is 49.1. The Balaban J connectivity index is 4.27. The van der Waals surface area contributed by atoms with Crippen molar-refractivity contribution in [3.63, 3.8) is 0 Å². The standard InChI is InChI=1S/C48H85O10P/c1-3-5-7-9-11-13-15-17-19-20-21-22-23-24-26-28-30-32-34-36-38-40-48(52)58-46(44-57-59(53,54)56-42-45(50)41-49)43-55-47(51)39-37-35-33-31-29-27-25-18-16-14-12-10-8-6-4-2/h6,8,12,14,17-19,25,29,31,45-46,49-50H,3-5,7,9-11,13,15-16,20-24,26-28,30,32-44H2,1-2H3,(H,53,54)/b8-6+,14-12+,19-17+,25-18+,31-29+/t45-,46+/m0/s1. The highest BCUT2D eigenvalue weighted by Gasteiger charge is 2.27. The fourth-order valence-corrected chi connectivity index (χ4v) is 6.89. The summed E-state index contributed by atoms with van der Waals surface area (Å²) in [6, 6.07) is 0. The second kappa shape index (κ2) is 43.7. The Kier molecular flexibility index (Phi) is 42.0. The topological polar surface area (TPSA) is 149 Å². The summed E-state index contributed by atoms with van der Waals surface area (Å²) in [4.78, 5) is 35.0. The summed E-state index contributed by atoms with van der Waals surface area (Å²) < 4.78 is 32.7. The highest BCUT2D eigenvalue weighted by atomic mass is 31.2. The normalized spacial score (nSPS) is 14.3. The predicted octanol–water partition coefficient (Wildman–Crippen LogP) is 12.7. The van der Waals surface area contributed by atoms with E-state index in [1.54, 1.807) is 0 Å². The van der Waals surface area contributed by atoms with Crippen LogP contribution in [0, 0.1) is 0 Å². The third kappa shape index (κ3) is 43.6. The zero-order chi connectivity index (χ0) is 43.3. The molecule has 1 unspecified atom stereocenters. The van der Waals surface area contributed by atoms with Crippen molar-refractivity contribution < 1.29 is 47.8 Å². The van der Waals surface area contributed by atoms with Gasteiger partial charge in [0.05, 0.1) is 19.8 Å². The van der Waals surface area contributed by atoms with E-state index in [0.29, 0.717) is 12.8 Å². The minimum atomic E-state index is -4.63. The van der Waals surface area contributed by atoms with Gasteiger partial charge in [-0.3, -0.25) is 18.6 Å². The van der Waals surface area contributed by atoms with Crippen molar-refractivity contribution in [2.75, 3.05) is 26.4 Å². The average Bonchev–Trinajstić information content (AvgIpc) is 3.22. The van der Waals surface area contributed by atoms with E-state index in [9.17, 15) is 24.2 Å². The molecule has 0 aliphatic heterocycles. The number of ether oxygens (including phenoxy) is 2. The number of aliphatic hydroxyl groups excluding tert-OH is 2. The fraction of sp³-hybridized carbons (Fsp3) is 0.750. The molecule has 0 spiro atoms. The third-order valence-electron chi connectivity index (χ3n) is 9.66. The number of esters is 2. The van der Waals surface area contributed by atoms with E-state index in [2.05, 4.69) is 74.6 Å². The fourth-order valence-electron chi connectivity index (χ4n) is 6.10. The zero-order valence-corrected chi connectivity index (χ0v) is 38.1. The Morgan fingerprint density at radius 2 is 0.932 bits per heavy atom. The first-order chi connectivity index (χ1) is 28.7. The van der Waals surface area contributed by atoms with Crippen LogP contribution in [0.25, 0.3) is 0 Å². The minimum Gasteiger partial charge on any atom is -0.462 e. The number of allylic oxidation sites excluding steroid dienone is 10. The van der Waals surface area contributed by atoms with Crippen LogP contribution in [0.1, 0.15) is 194 Å². The molecule has 0 rings (SSSR count). The van der Waals surface area contributed by atoms with Crippen molar-refractivity contribution in [3.8, 4) is 0 Å². The van der Waals surface area contributed by atoms with Crippen LogP contribution < -0.4 is 0 Å². The quantitative estimate of drug-likeness (QED) is 0.0234. The van der Waals surface area contributed by atoms with E-state index in [-0.39, 0.29) is 19.4 Å². The SMILES string of the molecule is CC/C=C/C/C=C/C/C=C/C/C=C/CCCCC(=O)OC[C@H](COP(=O)(O)OC[C@@H](O)CO)OC(=O)CCCCCCCCCCCCC/C=C/CCCCCCCC. The number of carbonyl (C=O) groups excluding carboxylic acids is 2. The maximum absolute atomic E-state index is 12.6. The van der Waals surface area contributed by atoms with Crippen LogP contribution in [0.5, 0.6) is 0 Å². The van der Waals surface area contributed by atoms with Gasteiger partial charge in [0.25, 0.3) is 0 Å². The van der Waals surface area contributed by atoms with Crippen LogP contribution in [0.3, 0.4) is 0 Å². The Morgan fingerprint density at radius 3 is 1.46 bits per heavy atom. The van der Waals surface area contributed by atoms with Gasteiger partial charge in [0.2, 0.25) is 0 Å². The molecule has 0 aromatic carbocycles. The lowest BCUT2D eigenvalue weighted by molar-refractivity contribution is -0.161. The van der Waals surface area contributed by atoms with Crippen molar-refractivity contribution in [2.45, 2.75) is 206 Å². The first-order valence-electron chi connectivity index (χ1n) is 23.2. The van der Waals surface area contributed by atoms with Crippen LogP contribution in [-0.4, -0.2) is 65.7 Å². The Morgan fingerprint density at radius 1 is 0.525 bits per heavy atom. The molecule has 0 aromatic heterocycles. The van der Waals surface area contributed by atoms with E-state index in [0.717, 1.165) is 57.8 Å². The Bertz CT molecular complexity index is 1160. The largest absolute Gasteiger partial charge is 0.472 e. The summed E-state index contributed by atoms with van der Waals surface area (Å²) >= 11 is 0. The van der Waals surface area contributed by atoms with Crippen LogP contribution >= 0.6 is 7.82 Å². The number of carbonyl (C=O) groups is 2. The first-order valence-corrected chi connectivity index (χ1v) is 24.7. The van der Waals surface area contributed by atoms with Gasteiger partial charge in [-0.05, 0) is 77.0 Å². The number of phosphoric acid groups is 1. The monoisotopic (exact) mass is 853 g/mol. The summed E-state index contributed by atoms with van der Waals surface area (Å²) in [5, 5.41) is 18.4. The third-order valence-corrected chi connectivity index (χ3v) is 10.6. The second-order valence-electron chi connectivity index (χ2n) is 15.4. The van der Waals surface area contributed by atoms with E-state index in [4.69, 9.17) is 23.6 Å². The molecule has 0 bridgehead atoms. The maximum Gasteiger partial charge on any atom is 0.472 e. The van der Waals surface area contributed by atoms with Gasteiger partial charge in [-0.15, -0.1) is 0 Å². The second-order valence-corrected chi connectivity index (χ2v) is 16.8. The summed E-state index contributed by atoms with van der Waals surface area (Å²) in [6.45, 7) is 2.22. The molecule has 0 radical (unpaired) electrons. The van der Waals surface area contributed by atoms with Gasteiger partial charge in [0, 0.05) is 12.8 Å². The number of hydrogen-bond acceptors (Lipinski definition) is 9. The highest BCUT2D eigenvalue weighted by Crippen LogP contribution is 2.43.